The van der Waals surface area contributed by atoms with Crippen molar-refractivity contribution in [1.29, 1.82) is 0 Å². The van der Waals surface area contributed by atoms with Crippen molar-refractivity contribution in [2.75, 3.05) is 20.2 Å². The van der Waals surface area contributed by atoms with E-state index in [0.717, 1.165) is 22.9 Å². The summed E-state index contributed by atoms with van der Waals surface area (Å²) in [4.78, 5) is 2.06. The molecule has 0 spiro atoms. The Morgan fingerprint density at radius 3 is 2.43 bits per heavy atom. The van der Waals surface area contributed by atoms with Gasteiger partial charge in [-0.15, -0.1) is 0 Å². The highest BCUT2D eigenvalue weighted by molar-refractivity contribution is 6.30. The maximum atomic E-state index is 10.0. The number of nitrogens with zero attached hydrogens (tertiary/aromatic N) is 1. The lowest BCUT2D eigenvalue weighted by Crippen LogP contribution is -2.32. The smallest absolute Gasteiger partial charge is 0.119 e. The van der Waals surface area contributed by atoms with Crippen molar-refractivity contribution < 1.29 is 9.84 Å². The third kappa shape index (κ3) is 5.76. The first-order chi connectivity index (χ1) is 10.1. The second-order valence-electron chi connectivity index (χ2n) is 5.10. The minimum atomic E-state index is -0.525. The number of para-hydroxylation sites is 1. The molecule has 0 aliphatic rings. The van der Waals surface area contributed by atoms with Gasteiger partial charge in [0.2, 0.25) is 0 Å². The summed E-state index contributed by atoms with van der Waals surface area (Å²) in [5, 5.41) is 10.7. The van der Waals surface area contributed by atoms with Crippen LogP contribution in [-0.2, 0) is 6.54 Å². The average Bonchev–Trinajstić information content (AvgIpc) is 2.48. The molecule has 0 heterocycles. The van der Waals surface area contributed by atoms with E-state index in [1.54, 1.807) is 0 Å². The first-order valence-electron chi connectivity index (χ1n) is 6.92. The molecule has 2 rings (SSSR count). The first-order valence-corrected chi connectivity index (χ1v) is 7.30. The summed E-state index contributed by atoms with van der Waals surface area (Å²) in [7, 11) is 1.97. The Hall–Kier alpha value is -1.55. The van der Waals surface area contributed by atoms with E-state index in [9.17, 15) is 5.11 Å². The topological polar surface area (TPSA) is 32.7 Å². The maximum Gasteiger partial charge on any atom is 0.119 e. The van der Waals surface area contributed by atoms with E-state index in [2.05, 4.69) is 4.90 Å². The molecule has 0 saturated carbocycles. The SMILES string of the molecule is CN(Cc1ccc(Cl)cc1)CC(O)COc1ccccc1. The van der Waals surface area contributed by atoms with Crippen molar-refractivity contribution in [2.45, 2.75) is 12.6 Å². The largest absolute Gasteiger partial charge is 0.491 e. The van der Waals surface area contributed by atoms with E-state index < -0.39 is 6.10 Å². The standard InChI is InChI=1S/C17H20ClNO2/c1-19(11-14-7-9-15(18)10-8-14)12-16(20)13-21-17-5-3-2-4-6-17/h2-10,16,20H,11-13H2,1H3. The number of benzene rings is 2. The van der Waals surface area contributed by atoms with Crippen molar-refractivity contribution >= 4 is 11.6 Å². The molecular weight excluding hydrogens is 286 g/mol. The fourth-order valence-corrected chi connectivity index (χ4v) is 2.21. The molecule has 0 saturated heterocycles. The van der Waals surface area contributed by atoms with Gasteiger partial charge in [0.05, 0.1) is 0 Å². The van der Waals surface area contributed by atoms with E-state index in [0.29, 0.717) is 6.54 Å². The zero-order valence-electron chi connectivity index (χ0n) is 12.1. The molecule has 0 radical (unpaired) electrons. The second kappa shape index (κ2) is 8.03. The highest BCUT2D eigenvalue weighted by Crippen LogP contribution is 2.12. The molecule has 3 nitrogen and oxygen atoms in total. The molecule has 2 aromatic carbocycles. The summed E-state index contributed by atoms with van der Waals surface area (Å²) in [5.74, 6) is 0.775. The number of rotatable bonds is 7. The van der Waals surface area contributed by atoms with Gasteiger partial charge in [0, 0.05) is 18.1 Å². The minimum Gasteiger partial charge on any atom is -0.491 e. The monoisotopic (exact) mass is 305 g/mol. The second-order valence-corrected chi connectivity index (χ2v) is 5.54. The highest BCUT2D eigenvalue weighted by Gasteiger charge is 2.09. The van der Waals surface area contributed by atoms with Crippen molar-refractivity contribution in [3.63, 3.8) is 0 Å². The Kier molecular flexibility index (Phi) is 6.05. The quantitative estimate of drug-likeness (QED) is 0.852. The summed E-state index contributed by atoms with van der Waals surface area (Å²) in [6.07, 6.45) is -0.525. The van der Waals surface area contributed by atoms with Gasteiger partial charge in [0.25, 0.3) is 0 Å². The van der Waals surface area contributed by atoms with Crippen LogP contribution in [0, 0.1) is 0 Å². The normalized spacial score (nSPS) is 12.4. The van der Waals surface area contributed by atoms with Crippen molar-refractivity contribution in [3.8, 4) is 5.75 Å². The molecule has 0 aliphatic carbocycles. The van der Waals surface area contributed by atoms with Gasteiger partial charge in [-0.05, 0) is 36.9 Å². The zero-order valence-corrected chi connectivity index (χ0v) is 12.8. The van der Waals surface area contributed by atoms with E-state index in [1.165, 1.54) is 0 Å². The van der Waals surface area contributed by atoms with Gasteiger partial charge < -0.3 is 9.84 Å². The fraction of sp³-hybridized carbons (Fsp3) is 0.294. The van der Waals surface area contributed by atoms with Crippen LogP contribution in [0.4, 0.5) is 0 Å². The molecular formula is C17H20ClNO2. The zero-order chi connectivity index (χ0) is 15.1. The van der Waals surface area contributed by atoms with Gasteiger partial charge in [-0.1, -0.05) is 41.9 Å². The Morgan fingerprint density at radius 2 is 1.76 bits per heavy atom. The third-order valence-electron chi connectivity index (χ3n) is 3.07. The van der Waals surface area contributed by atoms with E-state index in [-0.39, 0.29) is 6.61 Å². The summed E-state index contributed by atoms with van der Waals surface area (Å²) >= 11 is 5.86. The van der Waals surface area contributed by atoms with Crippen LogP contribution in [0.2, 0.25) is 5.02 Å². The Labute approximate surface area is 130 Å². The van der Waals surface area contributed by atoms with E-state index in [1.807, 2.05) is 61.6 Å². The Bertz CT molecular complexity index is 530. The molecule has 0 aliphatic heterocycles. The molecule has 21 heavy (non-hydrogen) atoms. The lowest BCUT2D eigenvalue weighted by Gasteiger charge is -2.21. The molecule has 2 aromatic rings. The fourth-order valence-electron chi connectivity index (χ4n) is 2.09. The van der Waals surface area contributed by atoms with Gasteiger partial charge in [-0.3, -0.25) is 4.90 Å². The van der Waals surface area contributed by atoms with Gasteiger partial charge in [0.1, 0.15) is 18.5 Å². The lowest BCUT2D eigenvalue weighted by molar-refractivity contribution is 0.0744. The van der Waals surface area contributed by atoms with Gasteiger partial charge >= 0.3 is 0 Å². The van der Waals surface area contributed by atoms with Crippen LogP contribution in [0.3, 0.4) is 0 Å². The van der Waals surface area contributed by atoms with E-state index in [4.69, 9.17) is 16.3 Å². The molecule has 1 N–H and O–H groups in total. The van der Waals surface area contributed by atoms with Gasteiger partial charge in [0.15, 0.2) is 0 Å². The maximum absolute atomic E-state index is 10.0. The summed E-state index contributed by atoms with van der Waals surface area (Å²) < 4.78 is 5.54. The van der Waals surface area contributed by atoms with Crippen LogP contribution < -0.4 is 4.74 Å². The summed E-state index contributed by atoms with van der Waals surface area (Å²) in [5.41, 5.74) is 1.16. The van der Waals surface area contributed by atoms with Crippen LogP contribution in [0.1, 0.15) is 5.56 Å². The molecule has 1 unspecified atom stereocenters. The lowest BCUT2D eigenvalue weighted by atomic mass is 10.2. The number of halogens is 1. The molecule has 112 valence electrons. The van der Waals surface area contributed by atoms with Gasteiger partial charge in [-0.25, -0.2) is 0 Å². The number of aliphatic hydroxyl groups excluding tert-OH is 1. The Balaban J connectivity index is 1.74. The molecule has 4 heteroatoms. The third-order valence-corrected chi connectivity index (χ3v) is 3.33. The number of hydrogen-bond acceptors (Lipinski definition) is 3. The van der Waals surface area contributed by atoms with Gasteiger partial charge in [-0.2, -0.15) is 0 Å². The molecule has 1 atom stereocenters. The molecule has 0 aromatic heterocycles. The number of likely N-dealkylation sites (N-methyl/N-ethyl adjacent to an activating group) is 1. The number of hydrogen-bond donors (Lipinski definition) is 1. The van der Waals surface area contributed by atoms with Crippen LogP contribution in [0.15, 0.2) is 54.6 Å². The van der Waals surface area contributed by atoms with Crippen LogP contribution in [0.25, 0.3) is 0 Å². The highest BCUT2D eigenvalue weighted by atomic mass is 35.5. The molecule has 0 amide bonds. The minimum absolute atomic E-state index is 0.287. The first kappa shape index (κ1) is 15.8. The van der Waals surface area contributed by atoms with Crippen molar-refractivity contribution in [1.82, 2.24) is 4.90 Å². The van der Waals surface area contributed by atoms with E-state index >= 15 is 0 Å². The molecule has 0 bridgehead atoms. The Morgan fingerprint density at radius 1 is 1.10 bits per heavy atom. The average molecular weight is 306 g/mol. The number of aliphatic hydroxyl groups is 1. The number of ether oxygens (including phenoxy) is 1. The van der Waals surface area contributed by atoms with Crippen molar-refractivity contribution in [3.05, 3.63) is 65.2 Å². The molecule has 0 fully saturated rings. The van der Waals surface area contributed by atoms with Crippen LogP contribution >= 0.6 is 11.6 Å². The summed E-state index contributed by atoms with van der Waals surface area (Å²) in [6.45, 7) is 1.60. The van der Waals surface area contributed by atoms with Crippen LogP contribution in [-0.4, -0.2) is 36.3 Å². The predicted octanol–water partition coefficient (Wildman–Crippen LogP) is 3.21. The predicted molar refractivity (Wildman–Crippen MR) is 85.7 cm³/mol. The summed E-state index contributed by atoms with van der Waals surface area (Å²) in [6, 6.07) is 17.2. The van der Waals surface area contributed by atoms with Crippen LogP contribution in [0.5, 0.6) is 5.75 Å². The van der Waals surface area contributed by atoms with Crippen molar-refractivity contribution in [2.24, 2.45) is 0 Å².